The highest BCUT2D eigenvalue weighted by Gasteiger charge is 2.35. The molecule has 3 aromatic rings. The van der Waals surface area contributed by atoms with Crippen LogP contribution in [0.25, 0.3) is 11.4 Å². The SMILES string of the molecule is Cc1cc(F)cc(C(=O)N2CCC[C@@H](C)C2CNc2ncc(C(F)(F)F)cn2)c1-c1ncccn1. The number of carbonyl (C=O) groups excluding carboxylic acids is 1. The number of nitrogens with one attached hydrogen (secondary N) is 1. The van der Waals surface area contributed by atoms with E-state index in [9.17, 15) is 22.4 Å². The molecule has 1 saturated heterocycles. The number of hydrogen-bond acceptors (Lipinski definition) is 6. The lowest BCUT2D eigenvalue weighted by Crippen LogP contribution is -2.51. The maximum absolute atomic E-state index is 14.4. The minimum atomic E-state index is -4.52. The summed E-state index contributed by atoms with van der Waals surface area (Å²) in [6.07, 6.45) is 1.64. The molecule has 1 amide bonds. The Labute approximate surface area is 199 Å². The first-order valence-electron chi connectivity index (χ1n) is 11.2. The van der Waals surface area contributed by atoms with E-state index < -0.39 is 17.6 Å². The lowest BCUT2D eigenvalue weighted by Gasteiger charge is -2.40. The third kappa shape index (κ3) is 5.39. The van der Waals surface area contributed by atoms with Crippen LogP contribution in [0.15, 0.2) is 43.0 Å². The summed E-state index contributed by atoms with van der Waals surface area (Å²) >= 11 is 0. The number of piperidine rings is 1. The smallest absolute Gasteiger partial charge is 0.352 e. The van der Waals surface area contributed by atoms with Crippen LogP contribution in [0, 0.1) is 18.7 Å². The summed E-state index contributed by atoms with van der Waals surface area (Å²) in [5.41, 5.74) is 0.229. The minimum Gasteiger partial charge on any atom is -0.352 e. The molecule has 7 nitrogen and oxygen atoms in total. The van der Waals surface area contributed by atoms with Crippen molar-refractivity contribution in [3.8, 4) is 11.4 Å². The Kier molecular flexibility index (Phi) is 6.95. The topological polar surface area (TPSA) is 83.9 Å². The first-order chi connectivity index (χ1) is 16.6. The molecule has 0 spiro atoms. The summed E-state index contributed by atoms with van der Waals surface area (Å²) in [6.45, 7) is 4.38. The Morgan fingerprint density at radius 1 is 1.14 bits per heavy atom. The average molecular weight is 488 g/mol. The van der Waals surface area contributed by atoms with E-state index in [-0.39, 0.29) is 35.9 Å². The van der Waals surface area contributed by atoms with Gasteiger partial charge in [0, 0.05) is 43.4 Å². The molecule has 0 bridgehead atoms. The summed E-state index contributed by atoms with van der Waals surface area (Å²) in [5, 5.41) is 2.95. The maximum Gasteiger partial charge on any atom is 0.419 e. The number of amides is 1. The Hall–Kier alpha value is -3.63. The van der Waals surface area contributed by atoms with Gasteiger partial charge in [-0.3, -0.25) is 4.79 Å². The zero-order valence-corrected chi connectivity index (χ0v) is 19.2. The van der Waals surface area contributed by atoms with Gasteiger partial charge in [0.2, 0.25) is 5.95 Å². The molecule has 3 heterocycles. The fourth-order valence-electron chi connectivity index (χ4n) is 4.37. The van der Waals surface area contributed by atoms with Crippen LogP contribution >= 0.6 is 0 Å². The summed E-state index contributed by atoms with van der Waals surface area (Å²) in [4.78, 5) is 31.4. The number of aryl methyl sites for hydroxylation is 1. The minimum absolute atomic E-state index is 0.0307. The van der Waals surface area contributed by atoms with Crippen molar-refractivity contribution in [1.29, 1.82) is 0 Å². The van der Waals surface area contributed by atoms with Crippen LogP contribution in [0.2, 0.25) is 0 Å². The van der Waals surface area contributed by atoms with E-state index in [1.54, 1.807) is 30.3 Å². The Morgan fingerprint density at radius 3 is 2.49 bits per heavy atom. The molecule has 184 valence electrons. The Balaban J connectivity index is 1.60. The van der Waals surface area contributed by atoms with Crippen molar-refractivity contribution in [1.82, 2.24) is 24.8 Å². The highest BCUT2D eigenvalue weighted by Crippen LogP contribution is 2.31. The number of halogens is 4. The number of anilines is 1. The average Bonchev–Trinajstić information content (AvgIpc) is 2.82. The second kappa shape index (κ2) is 9.93. The first-order valence-corrected chi connectivity index (χ1v) is 11.2. The molecule has 11 heteroatoms. The molecule has 0 aliphatic carbocycles. The summed E-state index contributed by atoms with van der Waals surface area (Å²) in [5.74, 6) is -0.458. The molecule has 35 heavy (non-hydrogen) atoms. The van der Waals surface area contributed by atoms with Gasteiger partial charge >= 0.3 is 6.18 Å². The molecule has 1 aliphatic heterocycles. The van der Waals surface area contributed by atoms with E-state index in [2.05, 4.69) is 25.3 Å². The molecule has 2 aromatic heterocycles. The van der Waals surface area contributed by atoms with Crippen molar-refractivity contribution in [2.24, 2.45) is 5.92 Å². The number of rotatable bonds is 5. The van der Waals surface area contributed by atoms with Crippen LogP contribution in [-0.4, -0.2) is 49.9 Å². The van der Waals surface area contributed by atoms with Gasteiger partial charge in [-0.2, -0.15) is 13.2 Å². The number of likely N-dealkylation sites (tertiary alicyclic amines) is 1. The van der Waals surface area contributed by atoms with E-state index in [1.165, 1.54) is 12.1 Å². The highest BCUT2D eigenvalue weighted by atomic mass is 19.4. The largest absolute Gasteiger partial charge is 0.419 e. The summed E-state index contributed by atoms with van der Waals surface area (Å²) in [7, 11) is 0. The van der Waals surface area contributed by atoms with Gasteiger partial charge < -0.3 is 10.2 Å². The van der Waals surface area contributed by atoms with Crippen LogP contribution in [0.3, 0.4) is 0 Å². The monoisotopic (exact) mass is 488 g/mol. The van der Waals surface area contributed by atoms with Crippen molar-refractivity contribution in [3.05, 3.63) is 65.5 Å². The van der Waals surface area contributed by atoms with E-state index >= 15 is 0 Å². The number of alkyl halides is 3. The zero-order valence-electron chi connectivity index (χ0n) is 19.2. The Bertz CT molecular complexity index is 1190. The van der Waals surface area contributed by atoms with Crippen molar-refractivity contribution >= 4 is 11.9 Å². The standard InChI is InChI=1S/C24H24F4N6O/c1-14-5-3-8-34(19(14)13-33-23-31-11-16(12-32-23)24(26,27)28)22(35)18-10-17(25)9-15(2)20(18)21-29-6-4-7-30-21/h4,6-7,9-12,14,19H,3,5,8,13H2,1-2H3,(H,31,32,33)/t14-,19?/m1/s1. The zero-order chi connectivity index (χ0) is 25.2. The second-order valence-electron chi connectivity index (χ2n) is 8.58. The van der Waals surface area contributed by atoms with Gasteiger partial charge in [0.25, 0.3) is 5.91 Å². The molecular formula is C24H24F4N6O. The lowest BCUT2D eigenvalue weighted by atomic mass is 9.89. The van der Waals surface area contributed by atoms with Crippen LogP contribution in [-0.2, 0) is 6.18 Å². The first kappa shape index (κ1) is 24.5. The van der Waals surface area contributed by atoms with E-state index in [0.717, 1.165) is 12.8 Å². The van der Waals surface area contributed by atoms with Crippen LogP contribution < -0.4 is 5.32 Å². The third-order valence-electron chi connectivity index (χ3n) is 6.15. The van der Waals surface area contributed by atoms with E-state index in [1.807, 2.05) is 6.92 Å². The molecule has 1 unspecified atom stereocenters. The molecule has 2 atom stereocenters. The van der Waals surface area contributed by atoms with Crippen LogP contribution in [0.4, 0.5) is 23.5 Å². The molecule has 1 fully saturated rings. The summed E-state index contributed by atoms with van der Waals surface area (Å²) in [6, 6.07) is 3.88. The van der Waals surface area contributed by atoms with Crippen molar-refractivity contribution < 1.29 is 22.4 Å². The van der Waals surface area contributed by atoms with Crippen molar-refractivity contribution in [3.63, 3.8) is 0 Å². The molecule has 4 rings (SSSR count). The van der Waals surface area contributed by atoms with Gasteiger partial charge in [0.15, 0.2) is 5.82 Å². The molecule has 0 saturated carbocycles. The van der Waals surface area contributed by atoms with Gasteiger partial charge in [-0.05, 0) is 49.4 Å². The van der Waals surface area contributed by atoms with E-state index in [0.29, 0.717) is 35.9 Å². The van der Waals surface area contributed by atoms with Gasteiger partial charge in [0.05, 0.1) is 17.2 Å². The number of hydrogen-bond donors (Lipinski definition) is 1. The fraction of sp³-hybridized carbons (Fsp3) is 0.375. The molecular weight excluding hydrogens is 464 g/mol. The Morgan fingerprint density at radius 2 is 1.83 bits per heavy atom. The number of nitrogens with zero attached hydrogens (tertiary/aromatic N) is 5. The quantitative estimate of drug-likeness (QED) is 0.522. The number of aromatic nitrogens is 4. The van der Waals surface area contributed by atoms with Gasteiger partial charge in [-0.15, -0.1) is 0 Å². The lowest BCUT2D eigenvalue weighted by molar-refractivity contribution is -0.138. The predicted molar refractivity (Wildman–Crippen MR) is 121 cm³/mol. The molecule has 1 aromatic carbocycles. The molecule has 1 aliphatic rings. The van der Waals surface area contributed by atoms with E-state index in [4.69, 9.17) is 0 Å². The van der Waals surface area contributed by atoms with Crippen molar-refractivity contribution in [2.45, 2.75) is 38.9 Å². The highest BCUT2D eigenvalue weighted by molar-refractivity contribution is 6.01. The van der Waals surface area contributed by atoms with Crippen molar-refractivity contribution in [2.75, 3.05) is 18.4 Å². The molecule has 1 N–H and O–H groups in total. The van der Waals surface area contributed by atoms with Crippen LogP contribution in [0.1, 0.15) is 41.3 Å². The van der Waals surface area contributed by atoms with Gasteiger partial charge in [-0.25, -0.2) is 24.3 Å². The normalized spacial score (nSPS) is 18.4. The summed E-state index contributed by atoms with van der Waals surface area (Å²) < 4.78 is 52.7. The second-order valence-corrected chi connectivity index (χ2v) is 8.58. The van der Waals surface area contributed by atoms with Gasteiger partial charge in [-0.1, -0.05) is 6.92 Å². The molecule has 0 radical (unpaired) electrons. The van der Waals surface area contributed by atoms with Gasteiger partial charge in [0.1, 0.15) is 5.82 Å². The fourth-order valence-corrected chi connectivity index (χ4v) is 4.37. The number of carbonyl (C=O) groups is 1. The number of benzene rings is 1. The predicted octanol–water partition coefficient (Wildman–Crippen LogP) is 4.75. The third-order valence-corrected chi connectivity index (χ3v) is 6.15. The maximum atomic E-state index is 14.4. The van der Waals surface area contributed by atoms with Crippen LogP contribution in [0.5, 0.6) is 0 Å².